The first-order chi connectivity index (χ1) is 12.1. The van der Waals surface area contributed by atoms with Gasteiger partial charge in [-0.2, -0.15) is 0 Å². The van der Waals surface area contributed by atoms with Gasteiger partial charge in [0.15, 0.2) is 6.04 Å². The largest absolute Gasteiger partial charge is 0.424 e. The first-order valence-corrected chi connectivity index (χ1v) is 7.73. The normalized spacial score (nSPS) is 15.7. The van der Waals surface area contributed by atoms with Crippen LogP contribution in [0.15, 0.2) is 63.8 Å². The van der Waals surface area contributed by atoms with E-state index in [9.17, 15) is 14.4 Å². The summed E-state index contributed by atoms with van der Waals surface area (Å²) in [5.41, 5.74) is 1.25. The Morgan fingerprint density at radius 1 is 1.04 bits per heavy atom. The average Bonchev–Trinajstić information content (AvgIpc) is 2.88. The monoisotopic (exact) mass is 335 g/mol. The summed E-state index contributed by atoms with van der Waals surface area (Å²) < 4.78 is 10.3. The van der Waals surface area contributed by atoms with Crippen LogP contribution >= 0.6 is 0 Å². The first-order valence-electron chi connectivity index (χ1n) is 7.73. The molecule has 2 heterocycles. The highest BCUT2D eigenvalue weighted by Crippen LogP contribution is 2.36. The average molecular weight is 335 g/mol. The Labute approximate surface area is 142 Å². The van der Waals surface area contributed by atoms with Gasteiger partial charge in [-0.1, -0.05) is 30.3 Å². The van der Waals surface area contributed by atoms with Gasteiger partial charge in [0.1, 0.15) is 11.3 Å². The highest BCUT2D eigenvalue weighted by Gasteiger charge is 2.35. The Morgan fingerprint density at radius 3 is 2.64 bits per heavy atom. The molecule has 0 bridgehead atoms. The van der Waals surface area contributed by atoms with Crippen molar-refractivity contribution in [3.05, 3.63) is 76.1 Å². The zero-order chi connectivity index (χ0) is 17.4. The summed E-state index contributed by atoms with van der Waals surface area (Å²) >= 11 is 0. The number of carbonyl (C=O) groups is 2. The molecule has 0 saturated carbocycles. The van der Waals surface area contributed by atoms with Gasteiger partial charge in [0, 0.05) is 23.1 Å². The molecule has 1 unspecified atom stereocenters. The molecule has 4 rings (SSSR count). The molecule has 2 aromatic carbocycles. The van der Waals surface area contributed by atoms with E-state index in [0.717, 1.165) is 5.56 Å². The minimum Gasteiger partial charge on any atom is -0.424 e. The van der Waals surface area contributed by atoms with Crippen LogP contribution in [0.5, 0.6) is 5.75 Å². The van der Waals surface area contributed by atoms with Gasteiger partial charge in [0.25, 0.3) is 0 Å². The second-order valence-corrected chi connectivity index (χ2v) is 5.77. The van der Waals surface area contributed by atoms with Gasteiger partial charge in [0.05, 0.1) is 6.42 Å². The lowest BCUT2D eigenvalue weighted by Crippen LogP contribution is -2.33. The molecule has 0 spiro atoms. The van der Waals surface area contributed by atoms with Gasteiger partial charge in [-0.3, -0.25) is 4.79 Å². The lowest BCUT2D eigenvalue weighted by Gasteiger charge is -2.10. The van der Waals surface area contributed by atoms with Crippen molar-refractivity contribution in [2.24, 2.45) is 0 Å². The number of fused-ring (bicyclic) bond motifs is 2. The summed E-state index contributed by atoms with van der Waals surface area (Å²) in [6, 6.07) is 14.5. The van der Waals surface area contributed by atoms with Crippen LogP contribution in [0.25, 0.3) is 11.0 Å². The summed E-state index contributed by atoms with van der Waals surface area (Å²) in [4.78, 5) is 35.7. The number of hydrogen-bond donors (Lipinski definition) is 1. The van der Waals surface area contributed by atoms with E-state index in [2.05, 4.69) is 5.32 Å². The second kappa shape index (κ2) is 5.90. The molecule has 0 fully saturated rings. The molecule has 0 radical (unpaired) electrons. The van der Waals surface area contributed by atoms with Gasteiger partial charge in [0.2, 0.25) is 5.91 Å². The maximum atomic E-state index is 12.3. The molecule has 0 aliphatic carbocycles. The van der Waals surface area contributed by atoms with E-state index in [1.807, 2.05) is 30.3 Å². The SMILES string of the molecule is O=C(Cc1ccccc1)NC1C(=O)Oc2cc3oc(=O)ccc3cc21. The molecular weight excluding hydrogens is 322 g/mol. The summed E-state index contributed by atoms with van der Waals surface area (Å²) in [5, 5.41) is 3.36. The van der Waals surface area contributed by atoms with E-state index >= 15 is 0 Å². The Balaban J connectivity index is 1.61. The molecule has 1 aliphatic rings. The van der Waals surface area contributed by atoms with Crippen molar-refractivity contribution in [1.82, 2.24) is 5.32 Å². The number of amides is 1. The van der Waals surface area contributed by atoms with Crippen LogP contribution in [-0.4, -0.2) is 11.9 Å². The molecule has 124 valence electrons. The Hall–Kier alpha value is -3.41. The van der Waals surface area contributed by atoms with Crippen LogP contribution in [0, 0.1) is 0 Å². The number of rotatable bonds is 3. The van der Waals surface area contributed by atoms with E-state index in [1.165, 1.54) is 12.1 Å². The summed E-state index contributed by atoms with van der Waals surface area (Å²) in [7, 11) is 0. The summed E-state index contributed by atoms with van der Waals surface area (Å²) in [6.45, 7) is 0. The fourth-order valence-corrected chi connectivity index (χ4v) is 2.85. The fraction of sp³-hybridized carbons (Fsp3) is 0.105. The highest BCUT2D eigenvalue weighted by atomic mass is 16.5. The van der Waals surface area contributed by atoms with Crippen molar-refractivity contribution in [2.75, 3.05) is 0 Å². The summed E-state index contributed by atoms with van der Waals surface area (Å²) in [5.74, 6) is -0.549. The molecule has 25 heavy (non-hydrogen) atoms. The van der Waals surface area contributed by atoms with Crippen molar-refractivity contribution in [2.45, 2.75) is 12.5 Å². The van der Waals surface area contributed by atoms with Crippen LogP contribution < -0.4 is 15.7 Å². The molecule has 1 N–H and O–H groups in total. The van der Waals surface area contributed by atoms with Gasteiger partial charge in [-0.15, -0.1) is 0 Å². The van der Waals surface area contributed by atoms with Crippen LogP contribution in [0.3, 0.4) is 0 Å². The van der Waals surface area contributed by atoms with Crippen molar-refractivity contribution in [3.8, 4) is 5.75 Å². The number of esters is 1. The number of hydrogen-bond acceptors (Lipinski definition) is 5. The molecular formula is C19H13NO5. The van der Waals surface area contributed by atoms with Crippen LogP contribution in [0.2, 0.25) is 0 Å². The Morgan fingerprint density at radius 2 is 1.84 bits per heavy atom. The van der Waals surface area contributed by atoms with Crippen molar-refractivity contribution >= 4 is 22.8 Å². The quantitative estimate of drug-likeness (QED) is 0.450. The Bertz CT molecular complexity index is 1040. The van der Waals surface area contributed by atoms with Crippen molar-refractivity contribution in [3.63, 3.8) is 0 Å². The van der Waals surface area contributed by atoms with Gasteiger partial charge < -0.3 is 14.5 Å². The third-order valence-electron chi connectivity index (χ3n) is 4.02. The number of ether oxygens (including phenoxy) is 1. The summed E-state index contributed by atoms with van der Waals surface area (Å²) in [6.07, 6.45) is 0.169. The maximum absolute atomic E-state index is 12.3. The fourth-order valence-electron chi connectivity index (χ4n) is 2.85. The van der Waals surface area contributed by atoms with E-state index < -0.39 is 17.6 Å². The number of carbonyl (C=O) groups excluding carboxylic acids is 2. The number of nitrogens with one attached hydrogen (secondary N) is 1. The topological polar surface area (TPSA) is 85.6 Å². The molecule has 6 nitrogen and oxygen atoms in total. The van der Waals surface area contributed by atoms with Crippen molar-refractivity contribution in [1.29, 1.82) is 0 Å². The van der Waals surface area contributed by atoms with E-state index in [1.54, 1.807) is 12.1 Å². The minimum absolute atomic E-state index is 0.169. The molecule has 1 amide bonds. The molecule has 1 aromatic heterocycles. The lowest BCUT2D eigenvalue weighted by atomic mass is 10.0. The van der Waals surface area contributed by atoms with E-state index in [4.69, 9.17) is 9.15 Å². The predicted octanol–water partition coefficient (Wildman–Crippen LogP) is 2.11. The third kappa shape index (κ3) is 2.89. The van der Waals surface area contributed by atoms with Gasteiger partial charge >= 0.3 is 11.6 Å². The number of benzene rings is 2. The zero-order valence-electron chi connectivity index (χ0n) is 13.0. The predicted molar refractivity (Wildman–Crippen MR) is 89.1 cm³/mol. The molecule has 0 saturated heterocycles. The first kappa shape index (κ1) is 15.1. The van der Waals surface area contributed by atoms with E-state index in [0.29, 0.717) is 16.5 Å². The third-order valence-corrected chi connectivity index (χ3v) is 4.02. The lowest BCUT2D eigenvalue weighted by molar-refractivity contribution is -0.137. The maximum Gasteiger partial charge on any atom is 0.338 e. The second-order valence-electron chi connectivity index (χ2n) is 5.77. The zero-order valence-corrected chi connectivity index (χ0v) is 13.0. The molecule has 3 aromatic rings. The Kier molecular flexibility index (Phi) is 3.57. The standard InChI is InChI=1S/C19H13NO5/c21-16(8-11-4-2-1-3-5-11)20-18-13-9-12-6-7-17(22)24-14(12)10-15(13)25-19(18)23/h1-7,9-10,18H,8H2,(H,20,21). The van der Waals surface area contributed by atoms with Crippen molar-refractivity contribution < 1.29 is 18.7 Å². The van der Waals surface area contributed by atoms with Gasteiger partial charge in [-0.05, 0) is 17.7 Å². The van der Waals surface area contributed by atoms with Crippen LogP contribution in [0.1, 0.15) is 17.2 Å². The highest BCUT2D eigenvalue weighted by molar-refractivity contribution is 5.93. The minimum atomic E-state index is -0.873. The van der Waals surface area contributed by atoms with E-state index in [-0.39, 0.29) is 18.1 Å². The molecule has 1 aliphatic heterocycles. The van der Waals surface area contributed by atoms with Gasteiger partial charge in [-0.25, -0.2) is 9.59 Å². The molecule has 6 heteroatoms. The smallest absolute Gasteiger partial charge is 0.338 e. The molecule has 1 atom stereocenters. The van der Waals surface area contributed by atoms with Crippen LogP contribution in [-0.2, 0) is 16.0 Å². The van der Waals surface area contributed by atoms with Crippen LogP contribution in [0.4, 0.5) is 0 Å².